The monoisotopic (exact) mass is 596 g/mol. The van der Waals surface area contributed by atoms with Crippen LogP contribution >= 0.6 is 0 Å². The zero-order valence-corrected chi connectivity index (χ0v) is 23.1. The molecule has 4 fully saturated rings. The molecular formula is C24H48N6O11. The van der Waals surface area contributed by atoms with Gasteiger partial charge in [-0.3, -0.25) is 0 Å². The minimum absolute atomic E-state index is 0.187. The molecule has 0 spiro atoms. The van der Waals surface area contributed by atoms with E-state index in [0.717, 1.165) is 0 Å². The summed E-state index contributed by atoms with van der Waals surface area (Å²) < 4.78 is 35.7. The molecule has 0 amide bonds. The van der Waals surface area contributed by atoms with Crippen molar-refractivity contribution in [3.63, 3.8) is 0 Å². The predicted octanol–water partition coefficient (Wildman–Crippen LogP) is -6.58. The summed E-state index contributed by atoms with van der Waals surface area (Å²) >= 11 is 0. The number of likely N-dealkylation sites (N-methyl/N-ethyl adjacent to an activating group) is 1. The van der Waals surface area contributed by atoms with E-state index in [2.05, 4.69) is 5.32 Å². The first-order valence-corrected chi connectivity index (χ1v) is 14.1. The molecule has 16 N–H and O–H groups in total. The Labute approximate surface area is 238 Å². The summed E-state index contributed by atoms with van der Waals surface area (Å²) in [6, 6.07) is -3.80. The summed E-state index contributed by atoms with van der Waals surface area (Å²) in [4.78, 5) is 0. The fraction of sp³-hybridized carbons (Fsp3) is 1.00. The Bertz CT molecular complexity index is 820. The van der Waals surface area contributed by atoms with Crippen LogP contribution in [0.5, 0.6) is 0 Å². The van der Waals surface area contributed by atoms with Crippen LogP contribution in [0.2, 0.25) is 0 Å². The van der Waals surface area contributed by atoms with Crippen LogP contribution in [0.3, 0.4) is 0 Å². The van der Waals surface area contributed by atoms with Gasteiger partial charge in [-0.1, -0.05) is 0 Å². The van der Waals surface area contributed by atoms with E-state index in [-0.39, 0.29) is 19.4 Å². The first kappa shape index (κ1) is 33.2. The van der Waals surface area contributed by atoms with Gasteiger partial charge < -0.3 is 87.9 Å². The molecule has 17 nitrogen and oxygen atoms in total. The average Bonchev–Trinajstić information content (AvgIpc) is 2.94. The first-order valence-electron chi connectivity index (χ1n) is 14.1. The molecule has 1 aliphatic carbocycles. The molecule has 0 bridgehead atoms. The second kappa shape index (κ2) is 14.4. The molecule has 17 atom stereocenters. The van der Waals surface area contributed by atoms with E-state index in [1.54, 1.807) is 7.05 Å². The molecule has 17 heteroatoms. The summed E-state index contributed by atoms with van der Waals surface area (Å²) in [5.74, 6) is 0. The third kappa shape index (κ3) is 7.02. The lowest BCUT2D eigenvalue weighted by atomic mass is 9.84. The van der Waals surface area contributed by atoms with E-state index >= 15 is 0 Å². The number of fused-ring (bicyclic) bond motifs is 1. The number of rotatable bonds is 10. The number of aliphatic hydroxyl groups is 5. The second-order valence-corrected chi connectivity index (χ2v) is 11.3. The molecule has 3 heterocycles. The van der Waals surface area contributed by atoms with Crippen molar-refractivity contribution in [2.24, 2.45) is 28.7 Å². The molecule has 41 heavy (non-hydrogen) atoms. The Balaban J connectivity index is 1.44. The maximum absolute atomic E-state index is 11.3. The number of nitrogens with one attached hydrogen (secondary N) is 1. The summed E-state index contributed by atoms with van der Waals surface area (Å²) in [7, 11) is 1.57. The SMILES string of the molecule is CN[C@H]1C(O)C2O[C@H](O[C@@H]3C(N)C[C@@H](N)[C@@H](O)[C@H]3OCCCN)C(N)C[C@@H]2O[C@@H]1O[C@H]1OC(CO)[C@@H](N)[C@H](O)C1O. The van der Waals surface area contributed by atoms with Crippen LogP contribution < -0.4 is 34.0 Å². The molecule has 1 saturated carbocycles. The van der Waals surface area contributed by atoms with Crippen molar-refractivity contribution in [2.45, 2.75) is 123 Å². The number of aliphatic hydroxyl groups excluding tert-OH is 5. The fourth-order valence-electron chi connectivity index (χ4n) is 5.93. The summed E-state index contributed by atoms with van der Waals surface area (Å²) in [5.41, 5.74) is 30.2. The van der Waals surface area contributed by atoms with Crippen molar-refractivity contribution in [3.05, 3.63) is 0 Å². The maximum Gasteiger partial charge on any atom is 0.189 e. The Kier molecular flexibility index (Phi) is 11.7. The lowest BCUT2D eigenvalue weighted by molar-refractivity contribution is -0.373. The van der Waals surface area contributed by atoms with Gasteiger partial charge in [-0.15, -0.1) is 0 Å². The molecule has 240 valence electrons. The number of ether oxygens (including phenoxy) is 6. The van der Waals surface area contributed by atoms with Gasteiger partial charge in [-0.2, -0.15) is 0 Å². The van der Waals surface area contributed by atoms with Crippen LogP contribution in [0.1, 0.15) is 19.3 Å². The smallest absolute Gasteiger partial charge is 0.189 e. The second-order valence-electron chi connectivity index (χ2n) is 11.3. The van der Waals surface area contributed by atoms with Crippen molar-refractivity contribution >= 4 is 0 Å². The van der Waals surface area contributed by atoms with E-state index < -0.39 is 111 Å². The number of hydrogen-bond donors (Lipinski definition) is 11. The van der Waals surface area contributed by atoms with Gasteiger partial charge in [-0.05, 0) is 32.9 Å². The molecule has 4 rings (SSSR count). The van der Waals surface area contributed by atoms with Gasteiger partial charge in [0.15, 0.2) is 18.9 Å². The Morgan fingerprint density at radius 1 is 0.780 bits per heavy atom. The summed E-state index contributed by atoms with van der Waals surface area (Å²) in [5, 5.41) is 55.2. The molecule has 3 aliphatic heterocycles. The van der Waals surface area contributed by atoms with Crippen LogP contribution in [0.25, 0.3) is 0 Å². The third-order valence-corrected chi connectivity index (χ3v) is 8.38. The maximum atomic E-state index is 11.3. The summed E-state index contributed by atoms with van der Waals surface area (Å²) in [6.45, 7) is 0.179. The largest absolute Gasteiger partial charge is 0.394 e. The van der Waals surface area contributed by atoms with E-state index in [1.165, 1.54) is 0 Å². The quantitative estimate of drug-likeness (QED) is 0.104. The zero-order valence-electron chi connectivity index (χ0n) is 23.1. The standard InChI is InChI=1S/C24H48N6O11/c1-30-14-17(34)20-11(37-23(14)41-24-18(35)16(33)13(29)12(7-31)38-24)6-10(28)22(40-20)39-19-9(27)5-8(26)15(32)21(19)36-4-2-3-25/h8-24,30-35H,2-7,25-29H2,1H3/t8-,9?,10?,11+,12?,13-,14+,15-,16+,17?,18?,19-,20?,21-,22+,23-,24-/m1/s1. The van der Waals surface area contributed by atoms with Gasteiger partial charge in [0, 0.05) is 18.7 Å². The van der Waals surface area contributed by atoms with Crippen molar-refractivity contribution in [1.29, 1.82) is 0 Å². The van der Waals surface area contributed by atoms with E-state index in [4.69, 9.17) is 57.1 Å². The van der Waals surface area contributed by atoms with Gasteiger partial charge in [0.2, 0.25) is 0 Å². The first-order chi connectivity index (χ1) is 19.5. The third-order valence-electron chi connectivity index (χ3n) is 8.38. The van der Waals surface area contributed by atoms with Gasteiger partial charge in [0.25, 0.3) is 0 Å². The van der Waals surface area contributed by atoms with Gasteiger partial charge in [0.1, 0.15) is 42.7 Å². The lowest BCUT2D eigenvalue weighted by Gasteiger charge is -2.51. The Hall–Kier alpha value is -0.680. The van der Waals surface area contributed by atoms with Crippen molar-refractivity contribution in [3.8, 4) is 0 Å². The lowest BCUT2D eigenvalue weighted by Crippen LogP contribution is -2.70. The molecule has 0 aromatic carbocycles. The predicted molar refractivity (Wildman–Crippen MR) is 140 cm³/mol. The topological polar surface area (TPSA) is 299 Å². The van der Waals surface area contributed by atoms with Crippen molar-refractivity contribution in [2.75, 3.05) is 26.8 Å². The highest BCUT2D eigenvalue weighted by Crippen LogP contribution is 2.35. The minimum Gasteiger partial charge on any atom is -0.394 e. The molecule has 0 aromatic heterocycles. The molecule has 6 unspecified atom stereocenters. The Morgan fingerprint density at radius 2 is 1.51 bits per heavy atom. The normalized spacial score (nSPS) is 50.9. The fourth-order valence-corrected chi connectivity index (χ4v) is 5.93. The molecule has 0 radical (unpaired) electrons. The van der Waals surface area contributed by atoms with Crippen molar-refractivity contribution in [1.82, 2.24) is 5.32 Å². The highest BCUT2D eigenvalue weighted by atomic mass is 16.8. The van der Waals surface area contributed by atoms with Crippen molar-refractivity contribution < 1.29 is 54.0 Å². The molecule has 0 aromatic rings. The van der Waals surface area contributed by atoms with Gasteiger partial charge in [0.05, 0.1) is 36.9 Å². The van der Waals surface area contributed by atoms with E-state index in [0.29, 0.717) is 13.0 Å². The van der Waals surface area contributed by atoms with Gasteiger partial charge in [-0.25, -0.2) is 0 Å². The van der Waals surface area contributed by atoms with Crippen LogP contribution in [0, 0.1) is 0 Å². The van der Waals surface area contributed by atoms with Crippen LogP contribution in [0.4, 0.5) is 0 Å². The highest BCUT2D eigenvalue weighted by Gasteiger charge is 2.54. The Morgan fingerprint density at radius 3 is 2.17 bits per heavy atom. The molecule has 4 aliphatic rings. The van der Waals surface area contributed by atoms with Crippen LogP contribution in [0.15, 0.2) is 0 Å². The number of hydrogen-bond acceptors (Lipinski definition) is 17. The summed E-state index contributed by atoms with van der Waals surface area (Å²) in [6.07, 6.45) is -12.0. The van der Waals surface area contributed by atoms with Crippen LogP contribution in [-0.4, -0.2) is 156 Å². The van der Waals surface area contributed by atoms with Crippen LogP contribution in [-0.2, 0) is 28.4 Å². The van der Waals surface area contributed by atoms with E-state index in [1.807, 2.05) is 0 Å². The minimum atomic E-state index is -1.53. The highest BCUT2D eigenvalue weighted by molar-refractivity contribution is 5.02. The average molecular weight is 597 g/mol. The molecule has 3 saturated heterocycles. The molecular weight excluding hydrogens is 548 g/mol. The zero-order chi connectivity index (χ0) is 30.0. The van der Waals surface area contributed by atoms with Gasteiger partial charge >= 0.3 is 0 Å². The van der Waals surface area contributed by atoms with E-state index in [9.17, 15) is 25.5 Å². The number of nitrogens with two attached hydrogens (primary N) is 5.